The Morgan fingerprint density at radius 2 is 1.94 bits per heavy atom. The largest absolute Gasteiger partial charge is 0.490 e. The number of aromatic nitrogens is 1. The molecule has 2 heterocycles. The Morgan fingerprint density at radius 1 is 1.17 bits per heavy atom. The number of hydrogen-bond donors (Lipinski definition) is 0. The Morgan fingerprint density at radius 3 is 2.63 bits per heavy atom. The fraction of sp³-hybridized carbons (Fsp3) is 0.222. The number of hydrogen-bond acceptors (Lipinski definition) is 7. The van der Waals surface area contributed by atoms with Crippen molar-refractivity contribution in [3.05, 3.63) is 103 Å². The van der Waals surface area contributed by atoms with Gasteiger partial charge in [0.25, 0.3) is 5.56 Å². The highest BCUT2D eigenvalue weighted by atomic mass is 32.1. The summed E-state index contributed by atoms with van der Waals surface area (Å²) in [7, 11) is 1.33. The summed E-state index contributed by atoms with van der Waals surface area (Å²) in [6.07, 6.45) is 3.46. The van der Waals surface area contributed by atoms with E-state index in [1.54, 1.807) is 23.6 Å². The fourth-order valence-corrected chi connectivity index (χ4v) is 4.99. The average molecular weight is 491 g/mol. The Bertz CT molecular complexity index is 1470. The molecule has 0 fully saturated rings. The monoisotopic (exact) mass is 490 g/mol. The van der Waals surface area contributed by atoms with Crippen LogP contribution >= 0.6 is 11.3 Å². The third-order valence-electron chi connectivity index (χ3n) is 5.46. The number of nitrogens with zero attached hydrogens (tertiary/aromatic N) is 2. The molecule has 1 aliphatic heterocycles. The first-order valence-electron chi connectivity index (χ1n) is 11.1. The second-order valence-corrected chi connectivity index (χ2v) is 8.73. The van der Waals surface area contributed by atoms with Crippen LogP contribution < -0.4 is 24.4 Å². The molecule has 7 nitrogen and oxygen atoms in total. The van der Waals surface area contributed by atoms with Crippen molar-refractivity contribution in [2.45, 2.75) is 19.9 Å². The van der Waals surface area contributed by atoms with Gasteiger partial charge in [-0.1, -0.05) is 60.4 Å². The lowest BCUT2D eigenvalue weighted by molar-refractivity contribution is -0.136. The van der Waals surface area contributed by atoms with Crippen molar-refractivity contribution in [1.82, 2.24) is 4.57 Å². The van der Waals surface area contributed by atoms with E-state index in [4.69, 9.17) is 14.2 Å². The van der Waals surface area contributed by atoms with Crippen LogP contribution in [0.5, 0.6) is 11.5 Å². The molecule has 0 radical (unpaired) electrons. The topological polar surface area (TPSA) is 79.1 Å². The molecular weight excluding hydrogens is 464 g/mol. The number of esters is 1. The Labute approximate surface area is 206 Å². The maximum absolute atomic E-state index is 13.6. The SMILES string of the molecule is C=CCOc1ccc(C=c2sc3n(c2=O)C(c2ccccc2)C(C(=O)OC)=C(C)N=3)cc1OCC. The highest BCUT2D eigenvalue weighted by Crippen LogP contribution is 2.31. The van der Waals surface area contributed by atoms with Crippen LogP contribution in [0.2, 0.25) is 0 Å². The molecule has 0 N–H and O–H groups in total. The predicted molar refractivity (Wildman–Crippen MR) is 136 cm³/mol. The molecule has 35 heavy (non-hydrogen) atoms. The smallest absolute Gasteiger partial charge is 0.338 e. The van der Waals surface area contributed by atoms with E-state index in [1.165, 1.54) is 18.4 Å². The second kappa shape index (κ2) is 10.6. The van der Waals surface area contributed by atoms with Crippen LogP contribution in [0.15, 0.2) is 82.2 Å². The zero-order chi connectivity index (χ0) is 24.9. The normalized spacial score (nSPS) is 15.3. The van der Waals surface area contributed by atoms with Crippen LogP contribution in [0.3, 0.4) is 0 Å². The van der Waals surface area contributed by atoms with Gasteiger partial charge in [-0.25, -0.2) is 9.79 Å². The van der Waals surface area contributed by atoms with Gasteiger partial charge >= 0.3 is 5.97 Å². The minimum atomic E-state index is -0.629. The summed E-state index contributed by atoms with van der Waals surface area (Å²) in [4.78, 5) is 31.4. The number of rotatable bonds is 8. The van der Waals surface area contributed by atoms with Gasteiger partial charge in [0.2, 0.25) is 0 Å². The van der Waals surface area contributed by atoms with Crippen LogP contribution in [0.25, 0.3) is 6.08 Å². The summed E-state index contributed by atoms with van der Waals surface area (Å²) in [5.74, 6) is 0.681. The number of fused-ring (bicyclic) bond motifs is 1. The van der Waals surface area contributed by atoms with Crippen LogP contribution in [0.4, 0.5) is 0 Å². The van der Waals surface area contributed by atoms with Gasteiger partial charge in [-0.2, -0.15) is 0 Å². The molecule has 0 amide bonds. The first kappa shape index (κ1) is 24.2. The van der Waals surface area contributed by atoms with Gasteiger partial charge in [0, 0.05) is 0 Å². The predicted octanol–water partition coefficient (Wildman–Crippen LogP) is 3.37. The van der Waals surface area contributed by atoms with Crippen LogP contribution in [0.1, 0.15) is 31.0 Å². The minimum absolute atomic E-state index is 0.235. The maximum atomic E-state index is 13.6. The van der Waals surface area contributed by atoms with Crippen molar-refractivity contribution >= 4 is 23.4 Å². The number of thiazole rings is 1. The van der Waals surface area contributed by atoms with Gasteiger partial charge in [0.1, 0.15) is 6.61 Å². The van der Waals surface area contributed by atoms with Gasteiger partial charge in [-0.3, -0.25) is 9.36 Å². The lowest BCUT2D eigenvalue weighted by atomic mass is 9.96. The van der Waals surface area contributed by atoms with Crippen LogP contribution in [-0.4, -0.2) is 30.9 Å². The molecule has 0 saturated carbocycles. The van der Waals surface area contributed by atoms with E-state index in [0.717, 1.165) is 11.1 Å². The van der Waals surface area contributed by atoms with Crippen molar-refractivity contribution in [3.8, 4) is 11.5 Å². The number of ether oxygens (including phenoxy) is 3. The van der Waals surface area contributed by atoms with Gasteiger partial charge in [-0.05, 0) is 43.2 Å². The molecule has 0 saturated heterocycles. The molecule has 8 heteroatoms. The number of benzene rings is 2. The Kier molecular flexibility index (Phi) is 7.31. The molecule has 0 bridgehead atoms. The summed E-state index contributed by atoms with van der Waals surface area (Å²) >= 11 is 1.27. The van der Waals surface area contributed by atoms with Gasteiger partial charge in [0.15, 0.2) is 16.3 Å². The van der Waals surface area contributed by atoms with Crippen molar-refractivity contribution in [2.75, 3.05) is 20.3 Å². The maximum Gasteiger partial charge on any atom is 0.338 e. The Balaban J connectivity index is 1.87. The lowest BCUT2D eigenvalue weighted by Crippen LogP contribution is -2.39. The molecule has 180 valence electrons. The van der Waals surface area contributed by atoms with Crippen LogP contribution in [0, 0.1) is 0 Å². The van der Waals surface area contributed by atoms with E-state index < -0.39 is 12.0 Å². The summed E-state index contributed by atoms with van der Waals surface area (Å²) in [5.41, 5.74) is 2.23. The van der Waals surface area contributed by atoms with Crippen LogP contribution in [-0.2, 0) is 9.53 Å². The van der Waals surface area contributed by atoms with Gasteiger partial charge < -0.3 is 14.2 Å². The molecule has 0 spiro atoms. The minimum Gasteiger partial charge on any atom is -0.490 e. The van der Waals surface area contributed by atoms with E-state index in [9.17, 15) is 9.59 Å². The lowest BCUT2D eigenvalue weighted by Gasteiger charge is -2.24. The molecule has 1 aliphatic rings. The summed E-state index contributed by atoms with van der Waals surface area (Å²) in [6, 6.07) is 14.3. The molecule has 1 unspecified atom stereocenters. The molecular formula is C27H26N2O5S. The zero-order valence-electron chi connectivity index (χ0n) is 19.8. The van der Waals surface area contributed by atoms with Crippen molar-refractivity contribution in [3.63, 3.8) is 0 Å². The number of allylic oxidation sites excluding steroid dienone is 1. The summed E-state index contributed by atoms with van der Waals surface area (Å²) in [6.45, 7) is 8.16. The third kappa shape index (κ3) is 4.83. The quantitative estimate of drug-likeness (QED) is 0.357. The molecule has 4 rings (SSSR count). The molecule has 3 aromatic rings. The highest BCUT2D eigenvalue weighted by Gasteiger charge is 2.32. The van der Waals surface area contributed by atoms with E-state index in [-0.39, 0.29) is 5.56 Å². The standard InChI is InChI=1S/C27H26N2O5S/c1-5-14-34-20-13-12-18(15-21(20)33-6-2)16-22-25(30)29-24(19-10-8-7-9-11-19)23(26(31)32-4)17(3)28-27(29)35-22/h5,7-13,15-16,24H,1,6,14H2,2-4H3. The summed E-state index contributed by atoms with van der Waals surface area (Å²) in [5, 5.41) is 0. The number of carbonyl (C=O) groups is 1. The average Bonchev–Trinajstić information content (AvgIpc) is 3.17. The Hall–Kier alpha value is -3.91. The van der Waals surface area contributed by atoms with Crippen molar-refractivity contribution in [1.29, 1.82) is 0 Å². The third-order valence-corrected chi connectivity index (χ3v) is 6.45. The molecule has 1 aromatic heterocycles. The summed E-state index contributed by atoms with van der Waals surface area (Å²) < 4.78 is 18.5. The van der Waals surface area contributed by atoms with E-state index in [2.05, 4.69) is 11.6 Å². The van der Waals surface area contributed by atoms with E-state index >= 15 is 0 Å². The molecule has 0 aliphatic carbocycles. The van der Waals surface area contributed by atoms with Crippen molar-refractivity contribution < 1.29 is 19.0 Å². The molecule has 1 atom stereocenters. The fourth-order valence-electron chi connectivity index (χ4n) is 3.95. The highest BCUT2D eigenvalue weighted by molar-refractivity contribution is 7.07. The van der Waals surface area contributed by atoms with E-state index in [1.807, 2.05) is 55.5 Å². The number of methoxy groups -OCH3 is 1. The zero-order valence-corrected chi connectivity index (χ0v) is 20.6. The second-order valence-electron chi connectivity index (χ2n) is 7.72. The first-order valence-corrected chi connectivity index (χ1v) is 12.0. The molecule has 2 aromatic carbocycles. The van der Waals surface area contributed by atoms with Gasteiger partial charge in [-0.15, -0.1) is 0 Å². The first-order chi connectivity index (χ1) is 17.0. The number of carbonyl (C=O) groups excluding carboxylic acids is 1. The van der Waals surface area contributed by atoms with Crippen molar-refractivity contribution in [2.24, 2.45) is 4.99 Å². The van der Waals surface area contributed by atoms with E-state index in [0.29, 0.717) is 45.3 Å². The van der Waals surface area contributed by atoms with Gasteiger partial charge in [0.05, 0.1) is 35.6 Å².